The third-order valence-corrected chi connectivity index (χ3v) is 8.50. The van der Waals surface area contributed by atoms with Gasteiger partial charge in [-0.05, 0) is 61.2 Å². The van der Waals surface area contributed by atoms with Gasteiger partial charge < -0.3 is 4.57 Å². The first kappa shape index (κ1) is 22.0. The zero-order valence-corrected chi connectivity index (χ0v) is 21.1. The lowest BCUT2D eigenvalue weighted by Gasteiger charge is -2.45. The molecule has 2 atom stereocenters. The Balaban J connectivity index is 1.26. The van der Waals surface area contributed by atoms with Crippen LogP contribution in [0.2, 0.25) is 0 Å². The van der Waals surface area contributed by atoms with E-state index in [1.165, 1.54) is 27.8 Å². The maximum atomic E-state index is 13.8. The van der Waals surface area contributed by atoms with Crippen LogP contribution in [0.5, 0.6) is 0 Å². The molecule has 1 aromatic heterocycles. The summed E-state index contributed by atoms with van der Waals surface area (Å²) in [5.41, 5.74) is 9.93. The predicted octanol–water partition coefficient (Wildman–Crippen LogP) is 5.63. The van der Waals surface area contributed by atoms with Crippen LogP contribution in [-0.4, -0.2) is 27.6 Å². The summed E-state index contributed by atoms with van der Waals surface area (Å²) >= 11 is 0. The number of amides is 2. The summed E-state index contributed by atoms with van der Waals surface area (Å²) in [6, 6.07) is 27.0. The molecule has 1 saturated heterocycles. The van der Waals surface area contributed by atoms with Gasteiger partial charge >= 0.3 is 0 Å². The number of imide groups is 1. The summed E-state index contributed by atoms with van der Waals surface area (Å²) in [6.45, 7) is 6.16. The average molecular weight is 486 g/mol. The summed E-state index contributed by atoms with van der Waals surface area (Å²) in [4.78, 5) is 27.6. The van der Waals surface area contributed by atoms with Crippen LogP contribution in [0.25, 0.3) is 5.69 Å². The van der Waals surface area contributed by atoms with Crippen LogP contribution in [0.1, 0.15) is 56.6 Å². The monoisotopic (exact) mass is 485 g/mol. The quantitative estimate of drug-likeness (QED) is 0.279. The van der Waals surface area contributed by atoms with E-state index in [0.29, 0.717) is 0 Å². The van der Waals surface area contributed by atoms with Gasteiger partial charge in [-0.2, -0.15) is 10.1 Å². The molecule has 0 unspecified atom stereocenters. The highest BCUT2D eigenvalue weighted by Crippen LogP contribution is 2.60. The highest BCUT2D eigenvalue weighted by Gasteiger charge is 2.61. The van der Waals surface area contributed by atoms with Gasteiger partial charge in [0.1, 0.15) is 0 Å². The number of benzene rings is 3. The van der Waals surface area contributed by atoms with Crippen molar-refractivity contribution in [3.63, 3.8) is 0 Å². The summed E-state index contributed by atoms with van der Waals surface area (Å²) in [6.07, 6.45) is 1.67. The maximum Gasteiger partial charge on any atom is 0.254 e. The van der Waals surface area contributed by atoms with E-state index in [2.05, 4.69) is 72.0 Å². The summed E-state index contributed by atoms with van der Waals surface area (Å²) in [7, 11) is 0. The molecule has 8 rings (SSSR count). The normalized spacial score (nSPS) is 23.5. The van der Waals surface area contributed by atoms with E-state index in [9.17, 15) is 9.59 Å². The molecule has 4 aromatic rings. The molecule has 3 aromatic carbocycles. The van der Waals surface area contributed by atoms with Gasteiger partial charge in [0.15, 0.2) is 0 Å². The van der Waals surface area contributed by atoms with Gasteiger partial charge in [0, 0.05) is 34.5 Å². The molecule has 0 saturated carbocycles. The van der Waals surface area contributed by atoms with Crippen LogP contribution >= 0.6 is 0 Å². The molecule has 5 nitrogen and oxygen atoms in total. The second kappa shape index (κ2) is 7.87. The summed E-state index contributed by atoms with van der Waals surface area (Å²) < 4.78 is 2.17. The number of rotatable bonds is 3. The van der Waals surface area contributed by atoms with Crippen molar-refractivity contribution < 1.29 is 9.59 Å². The van der Waals surface area contributed by atoms with Crippen LogP contribution in [0.15, 0.2) is 84.0 Å². The second-order valence-corrected chi connectivity index (χ2v) is 10.5. The SMILES string of the molecule is Cc1ccc(-n2c(C)cc(/C=N\N3C(=O)[C@@H]4C5c6ccccc6C(c6ccccc65)[C@@H]4C3=O)c2C)cc1. The average Bonchev–Trinajstić information content (AvgIpc) is 3.34. The van der Waals surface area contributed by atoms with E-state index < -0.39 is 11.8 Å². The lowest BCUT2D eigenvalue weighted by atomic mass is 9.55. The van der Waals surface area contributed by atoms with Crippen LogP contribution in [0.3, 0.4) is 0 Å². The number of hydrogen-bond acceptors (Lipinski definition) is 3. The number of aromatic nitrogens is 1. The standard InChI is InChI=1S/C32H27N3O2/c1-18-12-14-22(15-13-18)34-19(2)16-21(20(34)3)17-33-35-31(36)29-27-23-8-4-5-9-24(23)28(30(29)32(35)37)26-11-7-6-10-25(26)27/h4-17,27-30H,1-3H3/b33-17-/t27?,28?,29-,30+. The van der Waals surface area contributed by atoms with Crippen molar-refractivity contribution in [1.29, 1.82) is 0 Å². The predicted molar refractivity (Wildman–Crippen MR) is 143 cm³/mol. The van der Waals surface area contributed by atoms with Crippen molar-refractivity contribution in [3.05, 3.63) is 124 Å². The minimum absolute atomic E-state index is 0.120. The molecular formula is C32H27N3O2. The highest BCUT2D eigenvalue weighted by atomic mass is 16.2. The molecule has 2 heterocycles. The Bertz CT molecular complexity index is 1510. The van der Waals surface area contributed by atoms with Gasteiger partial charge in [0.25, 0.3) is 11.8 Å². The number of hydrazone groups is 1. The Hall–Kier alpha value is -4.25. The number of carbonyl (C=O) groups is 2. The molecular weight excluding hydrogens is 458 g/mol. The molecule has 1 fully saturated rings. The zero-order valence-electron chi connectivity index (χ0n) is 21.1. The van der Waals surface area contributed by atoms with E-state index in [4.69, 9.17) is 0 Å². The van der Waals surface area contributed by atoms with Crippen molar-refractivity contribution in [2.24, 2.45) is 16.9 Å². The fraction of sp³-hybridized carbons (Fsp3) is 0.219. The molecule has 0 N–H and O–H groups in total. The van der Waals surface area contributed by atoms with Crippen LogP contribution in [0, 0.1) is 32.6 Å². The van der Waals surface area contributed by atoms with Gasteiger partial charge in [0.2, 0.25) is 0 Å². The van der Waals surface area contributed by atoms with Gasteiger partial charge in [-0.1, -0.05) is 66.2 Å². The van der Waals surface area contributed by atoms with Gasteiger partial charge in [-0.25, -0.2) is 0 Å². The molecule has 4 aliphatic rings. The van der Waals surface area contributed by atoms with Crippen molar-refractivity contribution in [2.75, 3.05) is 0 Å². The molecule has 1 aliphatic heterocycles. The van der Waals surface area contributed by atoms with Crippen LogP contribution in [-0.2, 0) is 9.59 Å². The zero-order chi connectivity index (χ0) is 25.4. The summed E-state index contributed by atoms with van der Waals surface area (Å²) in [5, 5.41) is 5.66. The highest BCUT2D eigenvalue weighted by molar-refractivity contribution is 6.08. The van der Waals surface area contributed by atoms with Crippen LogP contribution in [0.4, 0.5) is 0 Å². The number of nitrogens with zero attached hydrogens (tertiary/aromatic N) is 3. The molecule has 0 radical (unpaired) electrons. The number of hydrogen-bond donors (Lipinski definition) is 0. The van der Waals surface area contributed by atoms with E-state index in [-0.39, 0.29) is 23.7 Å². The first-order chi connectivity index (χ1) is 18.0. The molecule has 0 spiro atoms. The van der Waals surface area contributed by atoms with Gasteiger partial charge in [-0.3, -0.25) is 9.59 Å². The Morgan fingerprint density at radius 3 is 1.68 bits per heavy atom. The first-order valence-corrected chi connectivity index (χ1v) is 12.8. The topological polar surface area (TPSA) is 54.7 Å². The molecule has 2 amide bonds. The largest absolute Gasteiger partial charge is 0.318 e. The fourth-order valence-electron chi connectivity index (χ4n) is 6.90. The molecule has 37 heavy (non-hydrogen) atoms. The van der Waals surface area contributed by atoms with Gasteiger partial charge in [0.05, 0.1) is 18.1 Å². The molecule has 5 heteroatoms. The Morgan fingerprint density at radius 1 is 0.703 bits per heavy atom. The smallest absolute Gasteiger partial charge is 0.254 e. The van der Waals surface area contributed by atoms with E-state index in [0.717, 1.165) is 27.6 Å². The Morgan fingerprint density at radius 2 is 1.19 bits per heavy atom. The number of carbonyl (C=O) groups excluding carboxylic acids is 2. The third kappa shape index (κ3) is 3.00. The second-order valence-electron chi connectivity index (χ2n) is 10.5. The lowest BCUT2D eigenvalue weighted by Crippen LogP contribution is -2.41. The van der Waals surface area contributed by atoms with Crippen molar-refractivity contribution in [3.8, 4) is 5.69 Å². The van der Waals surface area contributed by atoms with Gasteiger partial charge in [-0.15, -0.1) is 0 Å². The van der Waals surface area contributed by atoms with Crippen molar-refractivity contribution in [2.45, 2.75) is 32.6 Å². The number of aryl methyl sites for hydroxylation is 2. The molecule has 3 aliphatic carbocycles. The third-order valence-electron chi connectivity index (χ3n) is 8.50. The molecule has 2 bridgehead atoms. The lowest BCUT2D eigenvalue weighted by molar-refractivity contribution is -0.139. The van der Waals surface area contributed by atoms with E-state index in [1.54, 1.807) is 6.21 Å². The first-order valence-electron chi connectivity index (χ1n) is 12.8. The van der Waals surface area contributed by atoms with E-state index >= 15 is 0 Å². The fourth-order valence-corrected chi connectivity index (χ4v) is 6.90. The minimum atomic E-state index is -0.417. The summed E-state index contributed by atoms with van der Waals surface area (Å²) in [5.74, 6) is -1.47. The Labute approximate surface area is 216 Å². The maximum absolute atomic E-state index is 13.8. The Kier molecular flexibility index (Phi) is 4.68. The minimum Gasteiger partial charge on any atom is -0.318 e. The van der Waals surface area contributed by atoms with Crippen LogP contribution < -0.4 is 0 Å². The van der Waals surface area contributed by atoms with Crippen molar-refractivity contribution in [1.82, 2.24) is 9.58 Å². The van der Waals surface area contributed by atoms with Crippen molar-refractivity contribution >= 4 is 18.0 Å². The van der Waals surface area contributed by atoms with E-state index in [1.807, 2.05) is 37.3 Å². The molecule has 182 valence electrons.